The van der Waals surface area contributed by atoms with Crippen molar-refractivity contribution in [3.63, 3.8) is 0 Å². The van der Waals surface area contributed by atoms with Crippen molar-refractivity contribution in [2.75, 3.05) is 13.7 Å². The fourth-order valence-electron chi connectivity index (χ4n) is 2.16. The summed E-state index contributed by atoms with van der Waals surface area (Å²) >= 11 is 0. The fraction of sp³-hybridized carbons (Fsp3) is 0.222. The number of hydrogen-bond acceptors (Lipinski definition) is 4. The van der Waals surface area contributed by atoms with Crippen molar-refractivity contribution in [1.29, 1.82) is 0 Å². The maximum atomic E-state index is 13.1. The van der Waals surface area contributed by atoms with E-state index in [0.29, 0.717) is 29.2 Å². The molecule has 2 aromatic rings. The SMILES string of the molecule is CCOc1ccc(C(=O)NNC(=O)Cc2cccc(F)c2)cc1OC. The van der Waals surface area contributed by atoms with E-state index in [-0.39, 0.29) is 6.42 Å². The minimum absolute atomic E-state index is 0.0510. The number of hydrazine groups is 1. The Morgan fingerprint density at radius 1 is 1.08 bits per heavy atom. The third-order valence-electron chi connectivity index (χ3n) is 3.29. The zero-order valence-electron chi connectivity index (χ0n) is 14.0. The van der Waals surface area contributed by atoms with Gasteiger partial charge in [0.05, 0.1) is 20.1 Å². The van der Waals surface area contributed by atoms with Crippen LogP contribution in [0.3, 0.4) is 0 Å². The maximum absolute atomic E-state index is 13.1. The lowest BCUT2D eigenvalue weighted by atomic mass is 10.1. The third kappa shape index (κ3) is 5.20. The minimum Gasteiger partial charge on any atom is -0.493 e. The highest BCUT2D eigenvalue weighted by molar-refractivity contribution is 5.96. The Kier molecular flexibility index (Phi) is 6.33. The van der Waals surface area contributed by atoms with Crippen LogP contribution in [0.4, 0.5) is 4.39 Å². The van der Waals surface area contributed by atoms with E-state index in [9.17, 15) is 14.0 Å². The largest absolute Gasteiger partial charge is 0.493 e. The van der Waals surface area contributed by atoms with Crippen LogP contribution < -0.4 is 20.3 Å². The number of ether oxygens (including phenoxy) is 2. The van der Waals surface area contributed by atoms with Crippen LogP contribution in [0.15, 0.2) is 42.5 Å². The first kappa shape index (κ1) is 18.3. The summed E-state index contributed by atoms with van der Waals surface area (Å²) in [5, 5.41) is 0. The number of benzene rings is 2. The topological polar surface area (TPSA) is 76.7 Å². The van der Waals surface area contributed by atoms with E-state index in [2.05, 4.69) is 10.9 Å². The van der Waals surface area contributed by atoms with Crippen molar-refractivity contribution in [3.8, 4) is 11.5 Å². The predicted octanol–water partition coefficient (Wildman–Crippen LogP) is 2.24. The molecule has 0 aliphatic heterocycles. The number of amides is 2. The van der Waals surface area contributed by atoms with Crippen LogP contribution in [-0.4, -0.2) is 25.5 Å². The Morgan fingerprint density at radius 2 is 1.88 bits per heavy atom. The van der Waals surface area contributed by atoms with E-state index in [4.69, 9.17) is 9.47 Å². The average molecular weight is 346 g/mol. The van der Waals surface area contributed by atoms with E-state index in [1.54, 1.807) is 18.2 Å². The molecule has 6 nitrogen and oxygen atoms in total. The first-order valence-electron chi connectivity index (χ1n) is 7.68. The van der Waals surface area contributed by atoms with Crippen LogP contribution in [-0.2, 0) is 11.2 Å². The Labute approximate surface area is 144 Å². The van der Waals surface area contributed by atoms with Crippen LogP contribution in [0, 0.1) is 5.82 Å². The number of carbonyl (C=O) groups is 2. The van der Waals surface area contributed by atoms with Gasteiger partial charge in [-0.3, -0.25) is 20.4 Å². The van der Waals surface area contributed by atoms with Gasteiger partial charge in [0.25, 0.3) is 5.91 Å². The third-order valence-corrected chi connectivity index (χ3v) is 3.29. The zero-order chi connectivity index (χ0) is 18.2. The predicted molar refractivity (Wildman–Crippen MR) is 89.9 cm³/mol. The van der Waals surface area contributed by atoms with Crippen LogP contribution >= 0.6 is 0 Å². The van der Waals surface area contributed by atoms with Crippen molar-refractivity contribution >= 4 is 11.8 Å². The lowest BCUT2D eigenvalue weighted by Crippen LogP contribution is -2.42. The molecule has 0 spiro atoms. The molecule has 2 amide bonds. The van der Waals surface area contributed by atoms with Gasteiger partial charge in [0.15, 0.2) is 11.5 Å². The van der Waals surface area contributed by atoms with Gasteiger partial charge < -0.3 is 9.47 Å². The standard InChI is InChI=1S/C18H19FN2O4/c1-3-25-15-8-7-13(11-16(15)24-2)18(23)21-20-17(22)10-12-5-4-6-14(19)9-12/h4-9,11H,3,10H2,1-2H3,(H,20,22)(H,21,23). The molecule has 0 saturated carbocycles. The lowest BCUT2D eigenvalue weighted by molar-refractivity contribution is -0.121. The Hall–Kier alpha value is -3.09. The van der Waals surface area contributed by atoms with E-state index in [1.165, 1.54) is 31.4 Å². The van der Waals surface area contributed by atoms with Gasteiger partial charge >= 0.3 is 0 Å². The van der Waals surface area contributed by atoms with Crippen LogP contribution in [0.25, 0.3) is 0 Å². The Balaban J connectivity index is 1.94. The van der Waals surface area contributed by atoms with E-state index >= 15 is 0 Å². The number of carbonyl (C=O) groups excluding carboxylic acids is 2. The maximum Gasteiger partial charge on any atom is 0.269 e. The molecule has 0 aliphatic rings. The van der Waals surface area contributed by atoms with Crippen molar-refractivity contribution in [2.45, 2.75) is 13.3 Å². The summed E-state index contributed by atoms with van der Waals surface area (Å²) in [6.45, 7) is 2.31. The van der Waals surface area contributed by atoms with Crippen molar-refractivity contribution in [1.82, 2.24) is 10.9 Å². The van der Waals surface area contributed by atoms with Gasteiger partial charge in [0.1, 0.15) is 5.82 Å². The summed E-state index contributed by atoms with van der Waals surface area (Å²) in [7, 11) is 1.47. The van der Waals surface area contributed by atoms with Gasteiger partial charge in [-0.25, -0.2) is 4.39 Å². The first-order chi connectivity index (χ1) is 12.0. The molecule has 0 heterocycles. The quantitative estimate of drug-likeness (QED) is 0.787. The second-order valence-corrected chi connectivity index (χ2v) is 5.11. The van der Waals surface area contributed by atoms with Gasteiger partial charge in [0.2, 0.25) is 5.91 Å². The number of rotatable bonds is 6. The molecule has 0 unspecified atom stereocenters. The summed E-state index contributed by atoms with van der Waals surface area (Å²) in [4.78, 5) is 23.9. The Morgan fingerprint density at radius 3 is 2.56 bits per heavy atom. The normalized spacial score (nSPS) is 10.0. The molecule has 0 atom stereocenters. The summed E-state index contributed by atoms with van der Waals surface area (Å²) in [6.07, 6.45) is -0.0510. The van der Waals surface area contributed by atoms with E-state index in [1.807, 2.05) is 6.92 Å². The molecule has 25 heavy (non-hydrogen) atoms. The molecule has 132 valence electrons. The number of halogens is 1. The van der Waals surface area contributed by atoms with Crippen LogP contribution in [0.1, 0.15) is 22.8 Å². The van der Waals surface area contributed by atoms with Gasteiger partial charge in [-0.2, -0.15) is 0 Å². The van der Waals surface area contributed by atoms with Gasteiger partial charge in [-0.05, 0) is 42.8 Å². The summed E-state index contributed by atoms with van der Waals surface area (Å²) in [6, 6.07) is 10.4. The molecule has 2 N–H and O–H groups in total. The lowest BCUT2D eigenvalue weighted by Gasteiger charge is -2.11. The highest BCUT2D eigenvalue weighted by Crippen LogP contribution is 2.27. The molecule has 0 aliphatic carbocycles. The van der Waals surface area contributed by atoms with Gasteiger partial charge in [0, 0.05) is 5.56 Å². The molecule has 7 heteroatoms. The minimum atomic E-state index is -0.506. The Bertz CT molecular complexity index is 764. The summed E-state index contributed by atoms with van der Waals surface area (Å²) < 4.78 is 23.6. The fourth-order valence-corrected chi connectivity index (χ4v) is 2.16. The molecule has 0 fully saturated rings. The first-order valence-corrected chi connectivity index (χ1v) is 7.68. The molecule has 2 rings (SSSR count). The monoisotopic (exact) mass is 346 g/mol. The molecule has 0 aromatic heterocycles. The number of hydrogen-bond donors (Lipinski definition) is 2. The number of methoxy groups -OCH3 is 1. The van der Waals surface area contributed by atoms with Crippen molar-refractivity contribution in [3.05, 3.63) is 59.4 Å². The van der Waals surface area contributed by atoms with Crippen molar-refractivity contribution in [2.24, 2.45) is 0 Å². The summed E-state index contributed by atoms with van der Waals surface area (Å²) in [5.74, 6) is -0.445. The van der Waals surface area contributed by atoms with E-state index in [0.717, 1.165) is 0 Å². The van der Waals surface area contributed by atoms with Gasteiger partial charge in [-0.15, -0.1) is 0 Å². The molecule has 0 bridgehead atoms. The zero-order valence-corrected chi connectivity index (χ0v) is 14.0. The van der Waals surface area contributed by atoms with Crippen LogP contribution in [0.5, 0.6) is 11.5 Å². The summed E-state index contributed by atoms with van der Waals surface area (Å²) in [5.41, 5.74) is 5.41. The van der Waals surface area contributed by atoms with Crippen molar-refractivity contribution < 1.29 is 23.5 Å². The molecular formula is C18H19FN2O4. The van der Waals surface area contributed by atoms with Crippen LogP contribution in [0.2, 0.25) is 0 Å². The highest BCUT2D eigenvalue weighted by Gasteiger charge is 2.12. The van der Waals surface area contributed by atoms with E-state index < -0.39 is 17.6 Å². The molecule has 0 radical (unpaired) electrons. The number of nitrogens with one attached hydrogen (secondary N) is 2. The smallest absolute Gasteiger partial charge is 0.269 e. The molecule has 0 saturated heterocycles. The highest BCUT2D eigenvalue weighted by atomic mass is 19.1. The molecular weight excluding hydrogens is 327 g/mol. The van der Waals surface area contributed by atoms with Gasteiger partial charge in [-0.1, -0.05) is 12.1 Å². The molecule has 2 aromatic carbocycles. The second kappa shape index (κ2) is 8.68. The average Bonchev–Trinajstić information content (AvgIpc) is 2.60. The second-order valence-electron chi connectivity index (χ2n) is 5.11.